The van der Waals surface area contributed by atoms with Crippen molar-refractivity contribution in [3.05, 3.63) is 76.0 Å². The van der Waals surface area contributed by atoms with Gasteiger partial charge in [0.25, 0.3) is 0 Å². The number of hydrogen-bond acceptors (Lipinski definition) is 6. The van der Waals surface area contributed by atoms with Gasteiger partial charge in [0, 0.05) is 0 Å². The first-order valence-electron chi connectivity index (χ1n) is 8.76. The van der Waals surface area contributed by atoms with Crippen molar-refractivity contribution in [2.45, 2.75) is 23.6 Å². The lowest BCUT2D eigenvalue weighted by atomic mass is 10.2. The maximum atomic E-state index is 13.1. The Bertz CT molecular complexity index is 1250. The number of thioether (sulfide) groups is 1. The van der Waals surface area contributed by atoms with Gasteiger partial charge < -0.3 is 10.3 Å². The zero-order valence-corrected chi connectivity index (χ0v) is 16.2. The van der Waals surface area contributed by atoms with Crippen molar-refractivity contribution in [3.63, 3.8) is 0 Å². The molecule has 0 atom stereocenters. The minimum atomic E-state index is -4.46. The summed E-state index contributed by atoms with van der Waals surface area (Å²) in [5.74, 6) is 0.361. The van der Waals surface area contributed by atoms with E-state index in [1.54, 1.807) is 0 Å². The molecule has 0 aliphatic carbocycles. The molecule has 0 saturated carbocycles. The number of rotatable bonds is 5. The van der Waals surface area contributed by atoms with Crippen molar-refractivity contribution in [1.29, 1.82) is 0 Å². The van der Waals surface area contributed by atoms with Crippen molar-refractivity contribution < 1.29 is 13.2 Å². The number of nitrogens with two attached hydrogens (primary N) is 1. The second-order valence-electron chi connectivity index (χ2n) is 6.41. The summed E-state index contributed by atoms with van der Waals surface area (Å²) in [6.07, 6.45) is -4.46. The summed E-state index contributed by atoms with van der Waals surface area (Å²) in [4.78, 5) is 25.8. The van der Waals surface area contributed by atoms with E-state index in [9.17, 15) is 18.0 Å². The highest BCUT2D eigenvalue weighted by atomic mass is 32.2. The highest BCUT2D eigenvalue weighted by molar-refractivity contribution is 7.98. The van der Waals surface area contributed by atoms with E-state index in [0.29, 0.717) is 23.0 Å². The summed E-state index contributed by atoms with van der Waals surface area (Å²) in [5, 5.41) is 0.492. The van der Waals surface area contributed by atoms with Crippen molar-refractivity contribution in [3.8, 4) is 0 Å². The van der Waals surface area contributed by atoms with E-state index >= 15 is 0 Å². The maximum Gasteiger partial charge on any atom is 0.416 e. The molecule has 4 aromatic rings. The number of imidazole rings is 1. The van der Waals surface area contributed by atoms with Gasteiger partial charge in [0.2, 0.25) is 5.95 Å². The molecular weight excluding hydrogens is 417 g/mol. The Labute approximate surface area is 172 Å². The standard InChI is InChI=1S/C19H15F3N6OS/c20-19(21,22)12-6-7-14-13(8-12)24-18(28(14)9-11-4-2-1-3-5-11)30-10-15-25-16(23)27-17(29)26-15/h1-8H,9-10H2,(H3,23,25,26,27,29). The average molecular weight is 432 g/mol. The second-order valence-corrected chi connectivity index (χ2v) is 7.36. The fourth-order valence-electron chi connectivity index (χ4n) is 2.96. The van der Waals surface area contributed by atoms with Crippen LogP contribution < -0.4 is 11.4 Å². The van der Waals surface area contributed by atoms with Crippen molar-refractivity contribution in [2.75, 3.05) is 5.73 Å². The van der Waals surface area contributed by atoms with Crippen LogP contribution in [0.4, 0.5) is 19.1 Å². The van der Waals surface area contributed by atoms with Crippen molar-refractivity contribution in [2.24, 2.45) is 0 Å². The molecule has 0 radical (unpaired) electrons. The normalized spacial score (nSPS) is 11.8. The van der Waals surface area contributed by atoms with Gasteiger partial charge >= 0.3 is 11.9 Å². The molecule has 11 heteroatoms. The first kappa shape index (κ1) is 20.0. The molecule has 0 aliphatic heterocycles. The zero-order chi connectivity index (χ0) is 21.3. The topological polar surface area (TPSA) is 102 Å². The number of nitrogens with zero attached hydrogens (tertiary/aromatic N) is 4. The van der Waals surface area contributed by atoms with Crippen LogP contribution in [-0.4, -0.2) is 24.5 Å². The number of aromatic amines is 1. The molecular formula is C19H15F3N6OS. The number of H-pyrrole nitrogens is 1. The highest BCUT2D eigenvalue weighted by Gasteiger charge is 2.31. The molecule has 0 saturated heterocycles. The molecule has 7 nitrogen and oxygen atoms in total. The van der Waals surface area contributed by atoms with E-state index in [1.807, 2.05) is 34.9 Å². The fraction of sp³-hybridized carbons (Fsp3) is 0.158. The molecule has 4 rings (SSSR count). The predicted molar refractivity (Wildman–Crippen MR) is 107 cm³/mol. The Hall–Kier alpha value is -3.34. The molecule has 0 spiro atoms. The van der Waals surface area contributed by atoms with Gasteiger partial charge in [-0.3, -0.25) is 4.98 Å². The molecule has 0 unspecified atom stereocenters. The molecule has 2 aromatic carbocycles. The lowest BCUT2D eigenvalue weighted by Gasteiger charge is -2.10. The van der Waals surface area contributed by atoms with Crippen molar-refractivity contribution in [1.82, 2.24) is 24.5 Å². The van der Waals surface area contributed by atoms with Crippen LogP contribution in [0.1, 0.15) is 17.0 Å². The molecule has 154 valence electrons. The van der Waals surface area contributed by atoms with Crippen LogP contribution in [0.3, 0.4) is 0 Å². The Kier molecular flexibility index (Phi) is 5.20. The van der Waals surface area contributed by atoms with E-state index < -0.39 is 17.4 Å². The number of aromatic nitrogens is 5. The van der Waals surface area contributed by atoms with Crippen LogP contribution in [0.2, 0.25) is 0 Å². The largest absolute Gasteiger partial charge is 0.416 e. The summed E-state index contributed by atoms with van der Waals surface area (Å²) in [6, 6.07) is 13.0. The van der Waals surface area contributed by atoms with Crippen LogP contribution in [0, 0.1) is 0 Å². The summed E-state index contributed by atoms with van der Waals surface area (Å²) in [5.41, 5.74) is 5.90. The van der Waals surface area contributed by atoms with Gasteiger partial charge in [-0.15, -0.1) is 0 Å². The molecule has 0 fully saturated rings. The number of hydrogen-bond donors (Lipinski definition) is 2. The van der Waals surface area contributed by atoms with Crippen LogP contribution >= 0.6 is 11.8 Å². The highest BCUT2D eigenvalue weighted by Crippen LogP contribution is 2.33. The SMILES string of the molecule is Nc1nc(CSc2nc3cc(C(F)(F)F)ccc3n2Cc2ccccc2)[nH]c(=O)n1. The average Bonchev–Trinajstić information content (AvgIpc) is 3.02. The van der Waals surface area contributed by atoms with Crippen LogP contribution in [0.25, 0.3) is 11.0 Å². The van der Waals surface area contributed by atoms with Gasteiger partial charge in [-0.1, -0.05) is 42.1 Å². The van der Waals surface area contributed by atoms with E-state index in [4.69, 9.17) is 5.73 Å². The van der Waals surface area contributed by atoms with E-state index in [0.717, 1.165) is 17.7 Å². The minimum Gasteiger partial charge on any atom is -0.368 e. The fourth-order valence-corrected chi connectivity index (χ4v) is 3.85. The maximum absolute atomic E-state index is 13.1. The number of nitrogens with one attached hydrogen (secondary N) is 1. The summed E-state index contributed by atoms with van der Waals surface area (Å²) < 4.78 is 41.2. The van der Waals surface area contributed by atoms with Gasteiger partial charge in [-0.05, 0) is 23.8 Å². The second kappa shape index (κ2) is 7.82. The Morgan fingerprint density at radius 3 is 2.53 bits per heavy atom. The van der Waals surface area contributed by atoms with Crippen LogP contribution in [0.5, 0.6) is 0 Å². The summed E-state index contributed by atoms with van der Waals surface area (Å²) in [6.45, 7) is 0.424. The Morgan fingerprint density at radius 1 is 1.07 bits per heavy atom. The monoisotopic (exact) mass is 432 g/mol. The van der Waals surface area contributed by atoms with E-state index in [2.05, 4.69) is 19.9 Å². The quantitative estimate of drug-likeness (QED) is 0.468. The number of anilines is 1. The lowest BCUT2D eigenvalue weighted by molar-refractivity contribution is -0.137. The number of halogens is 3. The van der Waals surface area contributed by atoms with Crippen LogP contribution in [0.15, 0.2) is 58.5 Å². The molecule has 0 aliphatic rings. The smallest absolute Gasteiger partial charge is 0.368 e. The number of alkyl halides is 3. The van der Waals surface area contributed by atoms with E-state index in [1.165, 1.54) is 17.8 Å². The van der Waals surface area contributed by atoms with Gasteiger partial charge in [-0.25, -0.2) is 9.78 Å². The van der Waals surface area contributed by atoms with Gasteiger partial charge in [0.15, 0.2) is 5.16 Å². The number of fused-ring (bicyclic) bond motifs is 1. The minimum absolute atomic E-state index is 0.151. The first-order valence-corrected chi connectivity index (χ1v) is 9.75. The predicted octanol–water partition coefficient (Wildman–Crippen LogP) is 3.46. The van der Waals surface area contributed by atoms with E-state index in [-0.39, 0.29) is 17.2 Å². The summed E-state index contributed by atoms with van der Waals surface area (Å²) >= 11 is 1.23. The van der Waals surface area contributed by atoms with Crippen LogP contribution in [-0.2, 0) is 18.5 Å². The Balaban J connectivity index is 1.73. The first-order chi connectivity index (χ1) is 14.3. The molecule has 0 bridgehead atoms. The zero-order valence-electron chi connectivity index (χ0n) is 15.3. The molecule has 3 N–H and O–H groups in total. The third kappa shape index (κ3) is 4.30. The molecule has 0 amide bonds. The third-order valence-electron chi connectivity index (χ3n) is 4.28. The molecule has 2 aromatic heterocycles. The Morgan fingerprint density at radius 2 is 1.83 bits per heavy atom. The van der Waals surface area contributed by atoms with Crippen molar-refractivity contribution >= 4 is 28.7 Å². The van der Waals surface area contributed by atoms with Gasteiger partial charge in [0.1, 0.15) is 5.82 Å². The molecule has 2 heterocycles. The summed E-state index contributed by atoms with van der Waals surface area (Å²) in [7, 11) is 0. The molecule has 30 heavy (non-hydrogen) atoms. The van der Waals surface area contributed by atoms with Gasteiger partial charge in [-0.2, -0.15) is 23.1 Å². The number of nitrogen functional groups attached to an aromatic ring is 1. The third-order valence-corrected chi connectivity index (χ3v) is 5.27. The van der Waals surface area contributed by atoms with Gasteiger partial charge in [0.05, 0.1) is 28.9 Å². The number of benzene rings is 2. The lowest BCUT2D eigenvalue weighted by Crippen LogP contribution is -2.17.